The number of benzene rings is 3. The number of fused-ring (bicyclic) bond motifs is 1. The zero-order valence-corrected chi connectivity index (χ0v) is 35.8. The quantitative estimate of drug-likeness (QED) is 0.0902. The molecule has 3 amide bonds. The average molecular weight is 821 g/mol. The van der Waals surface area contributed by atoms with Crippen LogP contribution in [0, 0.1) is 12.3 Å². The fourth-order valence-electron chi connectivity index (χ4n) is 7.16. The Labute approximate surface area is 351 Å². The third-order valence-corrected chi connectivity index (χ3v) is 11.6. The Morgan fingerprint density at radius 3 is 2.34 bits per heavy atom. The number of ether oxygens (including phenoxy) is 2. The van der Waals surface area contributed by atoms with Gasteiger partial charge in [-0.3, -0.25) is 14.4 Å². The normalized spacial score (nSPS) is 16.4. The first-order chi connectivity index (χ1) is 28.2. The van der Waals surface area contributed by atoms with Crippen LogP contribution >= 0.6 is 11.3 Å². The molecule has 0 spiro atoms. The number of nitrogens with zero attached hydrogens (tertiary/aromatic N) is 4. The number of β-amino-alcohol motifs (C(OH)–C–C–N with tert-alkyl or cyclic N) is 1. The first-order valence-electron chi connectivity index (χ1n) is 20.2. The summed E-state index contributed by atoms with van der Waals surface area (Å²) in [6.45, 7) is 10.0. The number of aryl methyl sites for hydroxylation is 1. The highest BCUT2D eigenvalue weighted by Crippen LogP contribution is 2.30. The van der Waals surface area contributed by atoms with Crippen molar-refractivity contribution in [1.29, 1.82) is 0 Å². The van der Waals surface area contributed by atoms with Crippen LogP contribution in [-0.4, -0.2) is 96.3 Å². The second kappa shape index (κ2) is 19.1. The second-order valence-electron chi connectivity index (χ2n) is 16.5. The molecule has 3 aromatic carbocycles. The number of amides is 3. The van der Waals surface area contributed by atoms with Crippen LogP contribution in [0.4, 0.5) is 5.69 Å². The standard InChI is InChI=1S/C46H56N6O6S/c1-29(31-10-12-33(13-11-31)42-30(2)47-28-59-42)48-44(55)40-25-36(53)26-52(40)45(56)43(46(3,4)5)50-41(54)27-57-22-8-9-23-58-37-19-21-39-34(24-37)16-20-38(49-39)32-14-17-35(18-15-32)51(6)7/h10-21,24,28-29,36,40,43,53H,8-9,22-23,25-27H2,1-7H3,(H,48,55)(H,50,54)/t29-,36+,40-,43+/m0/s1. The SMILES string of the molecule is Cc1ncsc1-c1ccc([C@H](C)NC(=O)[C@@H]2C[C@@H](O)CN2C(=O)[C@@H](NC(=O)COCCCCOc2ccc3nc(-c4ccc(N(C)C)cc4)ccc3c2)C(C)(C)C)cc1. The molecule has 6 rings (SSSR count). The van der Waals surface area contributed by atoms with Gasteiger partial charge in [-0.25, -0.2) is 9.97 Å². The predicted octanol–water partition coefficient (Wildman–Crippen LogP) is 6.95. The number of likely N-dealkylation sites (tertiary alicyclic amines) is 1. The number of hydrogen-bond donors (Lipinski definition) is 3. The van der Waals surface area contributed by atoms with E-state index in [1.807, 2.05) is 103 Å². The van der Waals surface area contributed by atoms with Gasteiger partial charge in [-0.2, -0.15) is 0 Å². The summed E-state index contributed by atoms with van der Waals surface area (Å²) in [6.07, 6.45) is 0.647. The molecule has 0 saturated carbocycles. The van der Waals surface area contributed by atoms with Gasteiger partial charge < -0.3 is 35.0 Å². The van der Waals surface area contributed by atoms with Gasteiger partial charge in [0, 0.05) is 50.3 Å². The van der Waals surface area contributed by atoms with Gasteiger partial charge in [0.2, 0.25) is 17.7 Å². The molecule has 2 aromatic heterocycles. The van der Waals surface area contributed by atoms with E-state index in [1.54, 1.807) is 11.3 Å². The van der Waals surface area contributed by atoms with Crippen molar-refractivity contribution < 1.29 is 29.0 Å². The van der Waals surface area contributed by atoms with Gasteiger partial charge in [0.1, 0.15) is 24.4 Å². The lowest BCUT2D eigenvalue weighted by molar-refractivity contribution is -0.144. The molecule has 312 valence electrons. The van der Waals surface area contributed by atoms with Crippen LogP contribution in [0.2, 0.25) is 0 Å². The highest BCUT2D eigenvalue weighted by atomic mass is 32.1. The van der Waals surface area contributed by atoms with Crippen LogP contribution in [0.25, 0.3) is 32.6 Å². The minimum Gasteiger partial charge on any atom is -0.494 e. The summed E-state index contributed by atoms with van der Waals surface area (Å²) >= 11 is 1.58. The first kappa shape index (κ1) is 43.2. The van der Waals surface area contributed by atoms with Gasteiger partial charge in [0.15, 0.2) is 0 Å². The Morgan fingerprint density at radius 1 is 0.949 bits per heavy atom. The second-order valence-corrected chi connectivity index (χ2v) is 17.3. The van der Waals surface area contributed by atoms with Crippen molar-refractivity contribution in [2.45, 2.75) is 78.1 Å². The van der Waals surface area contributed by atoms with Gasteiger partial charge in [0.05, 0.1) is 46.0 Å². The van der Waals surface area contributed by atoms with Crippen molar-refractivity contribution in [3.8, 4) is 27.4 Å². The molecule has 1 saturated heterocycles. The number of aromatic nitrogens is 2. The van der Waals surface area contributed by atoms with Crippen molar-refractivity contribution in [2.75, 3.05) is 45.4 Å². The van der Waals surface area contributed by atoms with Crippen molar-refractivity contribution in [3.05, 3.63) is 95.6 Å². The van der Waals surface area contributed by atoms with E-state index in [0.717, 1.165) is 61.7 Å². The van der Waals surface area contributed by atoms with Gasteiger partial charge in [-0.1, -0.05) is 63.2 Å². The molecule has 13 heteroatoms. The van der Waals surface area contributed by atoms with Gasteiger partial charge in [-0.05, 0) is 79.6 Å². The molecule has 1 aliphatic heterocycles. The number of nitrogens with one attached hydrogen (secondary N) is 2. The maximum atomic E-state index is 14.0. The van der Waals surface area contributed by atoms with Crippen molar-refractivity contribution in [1.82, 2.24) is 25.5 Å². The molecule has 4 atom stereocenters. The predicted molar refractivity (Wildman–Crippen MR) is 233 cm³/mol. The molecule has 0 radical (unpaired) electrons. The monoisotopic (exact) mass is 820 g/mol. The number of anilines is 1. The van der Waals surface area contributed by atoms with E-state index in [2.05, 4.69) is 50.8 Å². The van der Waals surface area contributed by atoms with Crippen molar-refractivity contribution >= 4 is 45.6 Å². The third kappa shape index (κ3) is 11.0. The lowest BCUT2D eigenvalue weighted by Gasteiger charge is -2.35. The van der Waals surface area contributed by atoms with Crippen molar-refractivity contribution in [3.63, 3.8) is 0 Å². The fourth-order valence-corrected chi connectivity index (χ4v) is 7.98. The van der Waals surface area contributed by atoms with Gasteiger partial charge in [0.25, 0.3) is 0 Å². The summed E-state index contributed by atoms with van der Waals surface area (Å²) in [6, 6.07) is 24.1. The van der Waals surface area contributed by atoms with E-state index in [0.29, 0.717) is 19.6 Å². The van der Waals surface area contributed by atoms with E-state index < -0.39 is 35.4 Å². The number of hydrogen-bond acceptors (Lipinski definition) is 10. The number of aliphatic hydroxyl groups excluding tert-OH is 1. The van der Waals surface area contributed by atoms with Crippen LogP contribution in [-0.2, 0) is 19.1 Å². The third-order valence-electron chi connectivity index (χ3n) is 10.6. The lowest BCUT2D eigenvalue weighted by atomic mass is 9.85. The van der Waals surface area contributed by atoms with E-state index in [-0.39, 0.29) is 31.5 Å². The average Bonchev–Trinajstić information content (AvgIpc) is 3.83. The summed E-state index contributed by atoms with van der Waals surface area (Å²) in [5.41, 5.74) is 8.08. The van der Waals surface area contributed by atoms with Gasteiger partial charge in [-0.15, -0.1) is 11.3 Å². The van der Waals surface area contributed by atoms with Gasteiger partial charge >= 0.3 is 0 Å². The largest absolute Gasteiger partial charge is 0.494 e. The Bertz CT molecular complexity index is 2220. The Hall–Kier alpha value is -5.37. The molecule has 1 fully saturated rings. The molecule has 59 heavy (non-hydrogen) atoms. The highest BCUT2D eigenvalue weighted by molar-refractivity contribution is 7.13. The van der Waals surface area contributed by atoms with E-state index in [9.17, 15) is 19.5 Å². The summed E-state index contributed by atoms with van der Waals surface area (Å²) in [4.78, 5) is 54.4. The van der Waals surface area contributed by atoms with Crippen LogP contribution in [0.15, 0.2) is 84.4 Å². The van der Waals surface area contributed by atoms with E-state index in [4.69, 9.17) is 14.5 Å². The minimum atomic E-state index is -0.939. The number of pyridine rings is 1. The minimum absolute atomic E-state index is 0.00134. The molecular formula is C46H56N6O6S. The summed E-state index contributed by atoms with van der Waals surface area (Å²) in [5.74, 6) is -0.450. The summed E-state index contributed by atoms with van der Waals surface area (Å²) in [7, 11) is 4.04. The molecule has 3 N–H and O–H groups in total. The molecule has 3 heterocycles. The molecule has 0 bridgehead atoms. The molecule has 12 nitrogen and oxygen atoms in total. The van der Waals surface area contributed by atoms with Crippen LogP contribution in [0.5, 0.6) is 5.75 Å². The Balaban J connectivity index is 0.939. The molecule has 0 unspecified atom stereocenters. The zero-order chi connectivity index (χ0) is 42.3. The first-order valence-corrected chi connectivity index (χ1v) is 21.0. The van der Waals surface area contributed by atoms with Crippen LogP contribution in [0.3, 0.4) is 0 Å². The molecule has 0 aliphatic carbocycles. The number of aliphatic hydroxyl groups is 1. The van der Waals surface area contributed by atoms with Crippen LogP contribution < -0.4 is 20.3 Å². The number of carbonyl (C=O) groups excluding carboxylic acids is 3. The number of thiazole rings is 1. The summed E-state index contributed by atoms with van der Waals surface area (Å²) in [5, 5.41) is 17.5. The fraction of sp³-hybridized carbons (Fsp3) is 0.413. The maximum absolute atomic E-state index is 14.0. The number of unbranched alkanes of at least 4 members (excludes halogenated alkanes) is 1. The molecule has 1 aliphatic rings. The summed E-state index contributed by atoms with van der Waals surface area (Å²) < 4.78 is 11.7. The Kier molecular flexibility index (Phi) is 14.0. The maximum Gasteiger partial charge on any atom is 0.246 e. The smallest absolute Gasteiger partial charge is 0.246 e. The van der Waals surface area contributed by atoms with Crippen LogP contribution in [0.1, 0.15) is 64.3 Å². The number of carbonyl (C=O) groups is 3. The van der Waals surface area contributed by atoms with E-state index in [1.165, 1.54) is 4.90 Å². The molecule has 5 aromatic rings. The lowest BCUT2D eigenvalue weighted by Crippen LogP contribution is -2.58. The highest BCUT2D eigenvalue weighted by Gasteiger charge is 2.44. The zero-order valence-electron chi connectivity index (χ0n) is 35.0. The topological polar surface area (TPSA) is 146 Å². The Morgan fingerprint density at radius 2 is 1.66 bits per heavy atom. The number of rotatable bonds is 16. The molecular weight excluding hydrogens is 765 g/mol. The van der Waals surface area contributed by atoms with Crippen molar-refractivity contribution in [2.24, 2.45) is 5.41 Å². The van der Waals surface area contributed by atoms with E-state index >= 15 is 0 Å².